The van der Waals surface area contributed by atoms with E-state index in [1.807, 2.05) is 17.0 Å². The molecule has 4 nitrogen and oxygen atoms in total. The van der Waals surface area contributed by atoms with Crippen molar-refractivity contribution in [2.45, 2.75) is 51.0 Å². The summed E-state index contributed by atoms with van der Waals surface area (Å²) in [5, 5.41) is 0. The number of carbonyl (C=O) groups is 1. The van der Waals surface area contributed by atoms with E-state index in [2.05, 4.69) is 20.9 Å². The second-order valence-corrected chi connectivity index (χ2v) is 7.20. The van der Waals surface area contributed by atoms with E-state index in [0.29, 0.717) is 18.8 Å². The van der Waals surface area contributed by atoms with Gasteiger partial charge in [0.05, 0.1) is 11.0 Å². The molecule has 0 bridgehead atoms. The molecule has 1 aromatic heterocycles. The molecule has 1 saturated heterocycles. The molecule has 1 aliphatic carbocycles. The lowest BCUT2D eigenvalue weighted by molar-refractivity contribution is -0.130. The summed E-state index contributed by atoms with van der Waals surface area (Å²) < 4.78 is 6.77. The molecule has 2 aliphatic rings. The van der Waals surface area contributed by atoms with Gasteiger partial charge in [-0.2, -0.15) is 0 Å². The lowest BCUT2D eigenvalue weighted by Crippen LogP contribution is -2.31. The number of ether oxygens (including phenoxy) is 1. The lowest BCUT2D eigenvalue weighted by atomic mass is 10.0. The Balaban J connectivity index is 1.45. The first-order chi connectivity index (χ1) is 10.7. The maximum atomic E-state index is 12.3. The summed E-state index contributed by atoms with van der Waals surface area (Å²) in [7, 11) is 0. The van der Waals surface area contributed by atoms with Crippen molar-refractivity contribution in [3.05, 3.63) is 22.8 Å². The monoisotopic (exact) mass is 366 g/mol. The molecule has 1 aromatic rings. The number of aromatic nitrogens is 1. The van der Waals surface area contributed by atoms with Crippen LogP contribution in [0.4, 0.5) is 0 Å². The number of hydrogen-bond donors (Lipinski definition) is 0. The topological polar surface area (TPSA) is 42.4 Å². The van der Waals surface area contributed by atoms with Crippen LogP contribution in [0.15, 0.2) is 22.8 Å². The van der Waals surface area contributed by atoms with E-state index in [1.54, 1.807) is 6.20 Å². The van der Waals surface area contributed by atoms with Crippen molar-refractivity contribution in [2.75, 3.05) is 13.1 Å². The predicted molar refractivity (Wildman–Crippen MR) is 88.7 cm³/mol. The largest absolute Gasteiger partial charge is 0.472 e. The summed E-state index contributed by atoms with van der Waals surface area (Å²) >= 11 is 3.44. The van der Waals surface area contributed by atoms with E-state index in [1.165, 1.54) is 25.7 Å². The molecule has 1 saturated carbocycles. The van der Waals surface area contributed by atoms with Gasteiger partial charge in [0, 0.05) is 25.6 Å². The SMILES string of the molecule is O=C(CCC1CCCC1)N1CCC(Oc2ncccc2Br)C1. The summed E-state index contributed by atoms with van der Waals surface area (Å²) in [6.45, 7) is 1.49. The van der Waals surface area contributed by atoms with Gasteiger partial charge in [0.1, 0.15) is 6.10 Å². The molecule has 1 amide bonds. The summed E-state index contributed by atoms with van der Waals surface area (Å²) in [6, 6.07) is 3.78. The number of likely N-dealkylation sites (tertiary alicyclic amines) is 1. The van der Waals surface area contributed by atoms with Gasteiger partial charge in [0.25, 0.3) is 0 Å². The zero-order valence-electron chi connectivity index (χ0n) is 12.8. The Morgan fingerprint density at radius 2 is 2.18 bits per heavy atom. The Bertz CT molecular complexity index is 517. The Labute approximate surface area is 140 Å². The van der Waals surface area contributed by atoms with Crippen LogP contribution in [0.25, 0.3) is 0 Å². The van der Waals surface area contributed by atoms with E-state index in [9.17, 15) is 4.79 Å². The third-order valence-corrected chi connectivity index (χ3v) is 5.35. The van der Waals surface area contributed by atoms with Crippen LogP contribution in [0.3, 0.4) is 0 Å². The Morgan fingerprint density at radius 3 is 2.95 bits per heavy atom. The fourth-order valence-electron chi connectivity index (χ4n) is 3.45. The number of amides is 1. The van der Waals surface area contributed by atoms with Crippen molar-refractivity contribution < 1.29 is 9.53 Å². The highest BCUT2D eigenvalue weighted by Gasteiger charge is 2.28. The molecule has 1 aliphatic heterocycles. The van der Waals surface area contributed by atoms with Crippen LogP contribution in [0.1, 0.15) is 44.9 Å². The summed E-state index contributed by atoms with van der Waals surface area (Å²) in [4.78, 5) is 18.5. The normalized spacial score (nSPS) is 22.2. The molecule has 2 heterocycles. The minimum Gasteiger partial charge on any atom is -0.472 e. The van der Waals surface area contributed by atoms with Crippen molar-refractivity contribution in [1.29, 1.82) is 0 Å². The van der Waals surface area contributed by atoms with E-state index in [4.69, 9.17) is 4.74 Å². The minimum absolute atomic E-state index is 0.0571. The van der Waals surface area contributed by atoms with Gasteiger partial charge in [-0.25, -0.2) is 4.98 Å². The number of hydrogen-bond acceptors (Lipinski definition) is 3. The number of pyridine rings is 1. The second kappa shape index (κ2) is 7.44. The average Bonchev–Trinajstić information content (AvgIpc) is 3.19. The minimum atomic E-state index is 0.0571. The van der Waals surface area contributed by atoms with E-state index < -0.39 is 0 Å². The molecule has 5 heteroatoms. The first kappa shape index (κ1) is 15.8. The Hall–Kier alpha value is -1.10. The molecule has 0 N–H and O–H groups in total. The van der Waals surface area contributed by atoms with Crippen LogP contribution in [0, 0.1) is 5.92 Å². The smallest absolute Gasteiger partial charge is 0.228 e. The number of nitrogens with zero attached hydrogens (tertiary/aromatic N) is 2. The highest BCUT2D eigenvalue weighted by molar-refractivity contribution is 9.10. The summed E-state index contributed by atoms with van der Waals surface area (Å²) in [5.41, 5.74) is 0. The van der Waals surface area contributed by atoms with Crippen molar-refractivity contribution in [3.8, 4) is 5.88 Å². The van der Waals surface area contributed by atoms with Gasteiger partial charge in [-0.3, -0.25) is 4.79 Å². The molecule has 120 valence electrons. The molecule has 2 fully saturated rings. The molecule has 0 spiro atoms. The standard InChI is InChI=1S/C17H23BrN2O2/c18-15-6-3-10-19-17(15)22-14-9-11-20(12-14)16(21)8-7-13-4-1-2-5-13/h3,6,10,13-14H,1-2,4-5,7-9,11-12H2. The van der Waals surface area contributed by atoms with Crippen molar-refractivity contribution in [3.63, 3.8) is 0 Å². The molecule has 22 heavy (non-hydrogen) atoms. The van der Waals surface area contributed by atoms with Crippen LogP contribution in [-0.2, 0) is 4.79 Å². The fourth-order valence-corrected chi connectivity index (χ4v) is 3.80. The van der Waals surface area contributed by atoms with Gasteiger partial charge in [0.2, 0.25) is 11.8 Å². The second-order valence-electron chi connectivity index (χ2n) is 6.35. The van der Waals surface area contributed by atoms with Crippen LogP contribution < -0.4 is 4.74 Å². The molecule has 1 atom stereocenters. The number of halogens is 1. The molecule has 0 aromatic carbocycles. The van der Waals surface area contributed by atoms with Crippen LogP contribution in [-0.4, -0.2) is 35.0 Å². The van der Waals surface area contributed by atoms with Gasteiger partial charge < -0.3 is 9.64 Å². The molecular weight excluding hydrogens is 344 g/mol. The summed E-state index contributed by atoms with van der Waals surface area (Å²) in [6.07, 6.45) is 9.74. The molecule has 0 radical (unpaired) electrons. The van der Waals surface area contributed by atoms with Crippen molar-refractivity contribution >= 4 is 21.8 Å². The van der Waals surface area contributed by atoms with Crippen molar-refractivity contribution in [1.82, 2.24) is 9.88 Å². The van der Waals surface area contributed by atoms with E-state index in [-0.39, 0.29) is 12.0 Å². The Morgan fingerprint density at radius 1 is 1.36 bits per heavy atom. The van der Waals surface area contributed by atoms with Gasteiger partial charge in [-0.15, -0.1) is 0 Å². The van der Waals surface area contributed by atoms with Crippen LogP contribution >= 0.6 is 15.9 Å². The van der Waals surface area contributed by atoms with Crippen LogP contribution in [0.5, 0.6) is 5.88 Å². The van der Waals surface area contributed by atoms with E-state index >= 15 is 0 Å². The average molecular weight is 367 g/mol. The van der Waals surface area contributed by atoms with Crippen molar-refractivity contribution in [2.24, 2.45) is 5.92 Å². The Kier molecular flexibility index (Phi) is 5.34. The predicted octanol–water partition coefficient (Wildman–Crippen LogP) is 3.79. The van der Waals surface area contributed by atoms with Gasteiger partial charge >= 0.3 is 0 Å². The van der Waals surface area contributed by atoms with E-state index in [0.717, 1.165) is 29.8 Å². The third-order valence-electron chi connectivity index (χ3n) is 4.74. The molecule has 3 rings (SSSR count). The van der Waals surface area contributed by atoms with Gasteiger partial charge in [-0.05, 0) is 40.4 Å². The highest BCUT2D eigenvalue weighted by atomic mass is 79.9. The first-order valence-electron chi connectivity index (χ1n) is 8.27. The van der Waals surface area contributed by atoms with Gasteiger partial charge in [-0.1, -0.05) is 25.7 Å². The highest BCUT2D eigenvalue weighted by Crippen LogP contribution is 2.29. The third kappa shape index (κ3) is 4.00. The van der Waals surface area contributed by atoms with Crippen LogP contribution in [0.2, 0.25) is 0 Å². The lowest BCUT2D eigenvalue weighted by Gasteiger charge is -2.18. The maximum absolute atomic E-state index is 12.3. The fraction of sp³-hybridized carbons (Fsp3) is 0.647. The quantitative estimate of drug-likeness (QED) is 0.795. The molecule has 1 unspecified atom stereocenters. The zero-order chi connectivity index (χ0) is 15.4. The first-order valence-corrected chi connectivity index (χ1v) is 9.06. The molecular formula is C17H23BrN2O2. The zero-order valence-corrected chi connectivity index (χ0v) is 14.4. The number of carbonyl (C=O) groups excluding carboxylic acids is 1. The summed E-state index contributed by atoms with van der Waals surface area (Å²) in [5.74, 6) is 1.69. The maximum Gasteiger partial charge on any atom is 0.228 e. The van der Waals surface area contributed by atoms with Gasteiger partial charge in [0.15, 0.2) is 0 Å². The number of rotatable bonds is 5.